The minimum absolute atomic E-state index is 0.0461. The summed E-state index contributed by atoms with van der Waals surface area (Å²) in [6, 6.07) is 1.80. The van der Waals surface area contributed by atoms with Crippen LogP contribution in [0.15, 0.2) is 29.0 Å². The summed E-state index contributed by atoms with van der Waals surface area (Å²) >= 11 is 1.51. The zero-order chi connectivity index (χ0) is 11.1. The lowest BCUT2D eigenvalue weighted by molar-refractivity contribution is 0.0927. The summed E-state index contributed by atoms with van der Waals surface area (Å²) in [5, 5.41) is 6.48. The van der Waals surface area contributed by atoms with E-state index in [9.17, 15) is 4.79 Å². The highest BCUT2D eigenvalue weighted by Gasteiger charge is 2.03. The smallest absolute Gasteiger partial charge is 0.252 e. The van der Waals surface area contributed by atoms with Gasteiger partial charge in [-0.3, -0.25) is 4.79 Å². The van der Waals surface area contributed by atoms with Crippen LogP contribution in [-0.4, -0.2) is 25.7 Å². The fourth-order valence-corrected chi connectivity index (χ4v) is 1.61. The van der Waals surface area contributed by atoms with Gasteiger partial charge in [-0.25, -0.2) is 0 Å². The van der Waals surface area contributed by atoms with Gasteiger partial charge < -0.3 is 10.1 Å². The molecule has 0 fully saturated rings. The number of nitrogens with one attached hydrogen (secondary N) is 1. The summed E-state index contributed by atoms with van der Waals surface area (Å²) < 4.78 is 5.25. The average molecular weight is 225 g/mol. The van der Waals surface area contributed by atoms with Crippen molar-refractivity contribution in [1.82, 2.24) is 5.32 Å². The third kappa shape index (κ3) is 4.76. The van der Waals surface area contributed by atoms with Crippen molar-refractivity contribution in [3.8, 4) is 0 Å². The molecule has 1 aromatic rings. The lowest BCUT2D eigenvalue weighted by Gasteiger charge is -2.05. The standard InChI is InChI=1S/C11H15NO2S/c1-9(2)7-14-5-4-12-11(13)10-3-6-15-8-10/h3,6,8H,1,4-5,7H2,2H3,(H,12,13). The summed E-state index contributed by atoms with van der Waals surface area (Å²) in [7, 11) is 0. The second-order valence-electron chi connectivity index (χ2n) is 3.28. The number of amides is 1. The summed E-state index contributed by atoms with van der Waals surface area (Å²) in [5.41, 5.74) is 1.69. The van der Waals surface area contributed by atoms with Gasteiger partial charge in [-0.1, -0.05) is 12.2 Å². The van der Waals surface area contributed by atoms with Crippen molar-refractivity contribution in [3.05, 3.63) is 34.5 Å². The van der Waals surface area contributed by atoms with Crippen molar-refractivity contribution in [2.24, 2.45) is 0 Å². The first-order valence-corrected chi connectivity index (χ1v) is 5.67. The lowest BCUT2D eigenvalue weighted by atomic mass is 10.3. The van der Waals surface area contributed by atoms with E-state index >= 15 is 0 Å². The van der Waals surface area contributed by atoms with Crippen LogP contribution in [0.4, 0.5) is 0 Å². The molecule has 82 valence electrons. The SMILES string of the molecule is C=C(C)COCCNC(=O)c1ccsc1. The molecule has 15 heavy (non-hydrogen) atoms. The van der Waals surface area contributed by atoms with Crippen LogP contribution in [0.3, 0.4) is 0 Å². The van der Waals surface area contributed by atoms with Crippen LogP contribution >= 0.6 is 11.3 Å². The van der Waals surface area contributed by atoms with Gasteiger partial charge in [0, 0.05) is 17.5 Å². The van der Waals surface area contributed by atoms with E-state index in [-0.39, 0.29) is 5.91 Å². The lowest BCUT2D eigenvalue weighted by Crippen LogP contribution is -2.26. The number of carbonyl (C=O) groups excluding carboxylic acids is 1. The molecule has 4 heteroatoms. The number of rotatable bonds is 6. The highest BCUT2D eigenvalue weighted by Crippen LogP contribution is 2.04. The molecule has 1 N–H and O–H groups in total. The maximum absolute atomic E-state index is 11.4. The van der Waals surface area contributed by atoms with Crippen LogP contribution in [0.5, 0.6) is 0 Å². The molecular formula is C11H15NO2S. The van der Waals surface area contributed by atoms with Crippen LogP contribution in [-0.2, 0) is 4.74 Å². The number of carbonyl (C=O) groups is 1. The molecule has 1 aromatic heterocycles. The number of ether oxygens (including phenoxy) is 1. The zero-order valence-electron chi connectivity index (χ0n) is 8.79. The quantitative estimate of drug-likeness (QED) is 0.594. The Morgan fingerprint density at radius 2 is 2.47 bits per heavy atom. The van der Waals surface area contributed by atoms with Crippen molar-refractivity contribution in [3.63, 3.8) is 0 Å². The molecule has 0 radical (unpaired) electrons. The fraction of sp³-hybridized carbons (Fsp3) is 0.364. The largest absolute Gasteiger partial charge is 0.375 e. The van der Waals surface area contributed by atoms with Crippen LogP contribution < -0.4 is 5.32 Å². The van der Waals surface area contributed by atoms with Gasteiger partial charge in [0.25, 0.3) is 5.91 Å². The number of hydrogen-bond acceptors (Lipinski definition) is 3. The summed E-state index contributed by atoms with van der Waals surface area (Å²) in [4.78, 5) is 11.4. The summed E-state index contributed by atoms with van der Waals surface area (Å²) in [6.07, 6.45) is 0. The monoisotopic (exact) mass is 225 g/mol. The Kier molecular flexibility index (Phi) is 5.07. The number of hydrogen-bond donors (Lipinski definition) is 1. The Bertz CT molecular complexity index is 319. The van der Waals surface area contributed by atoms with E-state index in [0.29, 0.717) is 25.3 Å². The normalized spacial score (nSPS) is 9.93. The van der Waals surface area contributed by atoms with Crippen LogP contribution in [0.25, 0.3) is 0 Å². The summed E-state index contributed by atoms with van der Waals surface area (Å²) in [5.74, 6) is -0.0461. The van der Waals surface area contributed by atoms with Crippen LogP contribution in [0.2, 0.25) is 0 Å². The van der Waals surface area contributed by atoms with Crippen molar-refractivity contribution in [2.75, 3.05) is 19.8 Å². The molecule has 0 bridgehead atoms. The first kappa shape index (κ1) is 11.9. The Balaban J connectivity index is 2.10. The second-order valence-corrected chi connectivity index (χ2v) is 4.06. The van der Waals surface area contributed by atoms with Gasteiger partial charge in [0.1, 0.15) is 0 Å². The van der Waals surface area contributed by atoms with Gasteiger partial charge in [0.2, 0.25) is 0 Å². The molecule has 1 rings (SSSR count). The van der Waals surface area contributed by atoms with Gasteiger partial charge >= 0.3 is 0 Å². The third-order valence-electron chi connectivity index (χ3n) is 1.66. The van der Waals surface area contributed by atoms with E-state index in [2.05, 4.69) is 11.9 Å². The van der Waals surface area contributed by atoms with Gasteiger partial charge in [-0.2, -0.15) is 11.3 Å². The highest BCUT2D eigenvalue weighted by molar-refractivity contribution is 7.08. The van der Waals surface area contributed by atoms with Crippen molar-refractivity contribution >= 4 is 17.2 Å². The van der Waals surface area contributed by atoms with E-state index in [4.69, 9.17) is 4.74 Å². The molecule has 0 saturated carbocycles. The molecule has 0 aliphatic heterocycles. The van der Waals surface area contributed by atoms with Crippen molar-refractivity contribution in [2.45, 2.75) is 6.92 Å². The first-order valence-electron chi connectivity index (χ1n) is 4.72. The first-order chi connectivity index (χ1) is 7.20. The topological polar surface area (TPSA) is 38.3 Å². The Morgan fingerprint density at radius 1 is 1.67 bits per heavy atom. The molecule has 0 aliphatic carbocycles. The molecule has 0 spiro atoms. The van der Waals surface area contributed by atoms with Gasteiger partial charge in [0.15, 0.2) is 0 Å². The Hall–Kier alpha value is -1.13. The van der Waals surface area contributed by atoms with Crippen molar-refractivity contribution in [1.29, 1.82) is 0 Å². The van der Waals surface area contributed by atoms with E-state index in [1.54, 1.807) is 6.07 Å². The van der Waals surface area contributed by atoms with Crippen molar-refractivity contribution < 1.29 is 9.53 Å². The Labute approximate surface area is 93.8 Å². The minimum Gasteiger partial charge on any atom is -0.375 e. The molecule has 1 amide bonds. The van der Waals surface area contributed by atoms with E-state index in [1.165, 1.54) is 11.3 Å². The third-order valence-corrected chi connectivity index (χ3v) is 2.35. The van der Waals surface area contributed by atoms with E-state index in [0.717, 1.165) is 5.57 Å². The van der Waals surface area contributed by atoms with Gasteiger partial charge in [0.05, 0.1) is 13.2 Å². The fourth-order valence-electron chi connectivity index (χ4n) is 0.979. The molecule has 3 nitrogen and oxygen atoms in total. The molecule has 0 saturated heterocycles. The number of thiophene rings is 1. The predicted molar refractivity (Wildman–Crippen MR) is 62.3 cm³/mol. The summed E-state index contributed by atoms with van der Waals surface area (Å²) in [6.45, 7) is 7.22. The second kappa shape index (κ2) is 6.37. The average Bonchev–Trinajstić information content (AvgIpc) is 2.69. The molecular weight excluding hydrogens is 210 g/mol. The molecule has 1 heterocycles. The minimum atomic E-state index is -0.0461. The van der Waals surface area contributed by atoms with Gasteiger partial charge in [-0.05, 0) is 18.4 Å². The van der Waals surface area contributed by atoms with Crippen LogP contribution in [0, 0.1) is 0 Å². The molecule has 0 aliphatic rings. The van der Waals surface area contributed by atoms with Gasteiger partial charge in [-0.15, -0.1) is 0 Å². The molecule has 0 unspecified atom stereocenters. The Morgan fingerprint density at radius 3 is 3.07 bits per heavy atom. The highest BCUT2D eigenvalue weighted by atomic mass is 32.1. The predicted octanol–water partition coefficient (Wildman–Crippen LogP) is 2.07. The maximum atomic E-state index is 11.4. The zero-order valence-corrected chi connectivity index (χ0v) is 9.60. The molecule has 0 aromatic carbocycles. The van der Waals surface area contributed by atoms with E-state index in [1.807, 2.05) is 17.7 Å². The maximum Gasteiger partial charge on any atom is 0.252 e. The van der Waals surface area contributed by atoms with E-state index < -0.39 is 0 Å². The van der Waals surface area contributed by atoms with Crippen LogP contribution in [0.1, 0.15) is 17.3 Å². The molecule has 0 atom stereocenters.